The van der Waals surface area contributed by atoms with Crippen LogP contribution in [0.4, 0.5) is 10.5 Å². The van der Waals surface area contributed by atoms with Gasteiger partial charge in [-0.3, -0.25) is 4.79 Å². The molecular weight excluding hydrogens is 601 g/mol. The molecule has 0 saturated carbocycles. The van der Waals surface area contributed by atoms with Crippen molar-refractivity contribution in [3.8, 4) is 0 Å². The van der Waals surface area contributed by atoms with Gasteiger partial charge in [-0.25, -0.2) is 9.59 Å². The molecule has 1 atom stereocenters. The van der Waals surface area contributed by atoms with Gasteiger partial charge in [0.25, 0.3) is 0 Å². The van der Waals surface area contributed by atoms with Gasteiger partial charge in [0.1, 0.15) is 17.2 Å². The Hall–Kier alpha value is -2.82. The van der Waals surface area contributed by atoms with Crippen LogP contribution in [0.5, 0.6) is 0 Å². The van der Waals surface area contributed by atoms with Gasteiger partial charge in [0.15, 0.2) is 0 Å². The van der Waals surface area contributed by atoms with E-state index in [2.05, 4.69) is 53.5 Å². The van der Waals surface area contributed by atoms with Crippen molar-refractivity contribution < 1.29 is 23.9 Å². The molecule has 7 nitrogen and oxygen atoms in total. The summed E-state index contributed by atoms with van der Waals surface area (Å²) in [5.74, 6) is -0.885. The number of carbonyl (C=O) groups excluding carboxylic acids is 3. The molecule has 4 rings (SSSR count). The molecule has 4 aromatic rings. The van der Waals surface area contributed by atoms with E-state index in [1.807, 2.05) is 12.3 Å². The first kappa shape index (κ1) is 33.1. The Morgan fingerprint density at radius 2 is 1.19 bits per heavy atom. The van der Waals surface area contributed by atoms with Gasteiger partial charge in [0, 0.05) is 37.6 Å². The lowest BCUT2D eigenvalue weighted by Gasteiger charge is -2.26. The van der Waals surface area contributed by atoms with Crippen molar-refractivity contribution in [3.05, 3.63) is 36.4 Å². The minimum atomic E-state index is -1.04. The number of hydrogen-bond acceptors (Lipinski definition) is 8. The highest BCUT2D eigenvalue weighted by atomic mass is 32.2. The maximum absolute atomic E-state index is 13.4. The second-order valence-electron chi connectivity index (χ2n) is 12.3. The van der Waals surface area contributed by atoms with E-state index < -0.39 is 29.3 Å². The minimum Gasteiger partial charge on any atom is -0.458 e. The van der Waals surface area contributed by atoms with E-state index in [1.165, 1.54) is 25.9 Å². The lowest BCUT2D eigenvalue weighted by molar-refractivity contribution is -0.157. The lowest BCUT2D eigenvalue weighted by atomic mass is 9.93. The van der Waals surface area contributed by atoms with Crippen molar-refractivity contribution in [1.82, 2.24) is 5.32 Å². The quantitative estimate of drug-likeness (QED) is 0.107. The van der Waals surface area contributed by atoms with Crippen LogP contribution in [0.2, 0.25) is 0 Å². The molecule has 0 heterocycles. The summed E-state index contributed by atoms with van der Waals surface area (Å²) in [7, 11) is 0. The highest BCUT2D eigenvalue weighted by molar-refractivity contribution is 7.99. The van der Waals surface area contributed by atoms with Crippen molar-refractivity contribution >= 4 is 91.3 Å². The number of thioether (sulfide) groups is 3. The number of nitrogens with one attached hydrogen (secondary N) is 2. The molecule has 0 aromatic heterocycles. The maximum atomic E-state index is 13.4. The van der Waals surface area contributed by atoms with Crippen LogP contribution in [0.3, 0.4) is 0 Å². The highest BCUT2D eigenvalue weighted by Crippen LogP contribution is 2.46. The highest BCUT2D eigenvalue weighted by Gasteiger charge is 2.29. The van der Waals surface area contributed by atoms with Gasteiger partial charge in [-0.15, -0.1) is 35.3 Å². The molecule has 0 fully saturated rings. The number of esters is 1. The third kappa shape index (κ3) is 7.64. The Morgan fingerprint density at radius 3 is 1.67 bits per heavy atom. The van der Waals surface area contributed by atoms with Gasteiger partial charge < -0.3 is 20.1 Å². The molecule has 0 saturated heterocycles. The monoisotopic (exact) mass is 640 g/mol. The predicted octanol–water partition coefficient (Wildman–Crippen LogP) is 8.70. The number of hydrogen-bond donors (Lipinski definition) is 2. The van der Waals surface area contributed by atoms with Gasteiger partial charge in [-0.1, -0.05) is 24.3 Å². The molecule has 230 valence electrons. The molecule has 0 bridgehead atoms. The van der Waals surface area contributed by atoms with Gasteiger partial charge >= 0.3 is 12.1 Å². The van der Waals surface area contributed by atoms with Crippen molar-refractivity contribution in [2.24, 2.45) is 0 Å². The molecule has 0 unspecified atom stereocenters. The fourth-order valence-corrected chi connectivity index (χ4v) is 7.02. The molecule has 0 radical (unpaired) electrons. The maximum Gasteiger partial charge on any atom is 0.408 e. The largest absolute Gasteiger partial charge is 0.458 e. The number of ether oxygens (including phenoxy) is 2. The third-order valence-corrected chi connectivity index (χ3v) is 9.09. The number of rotatable bonds is 9. The summed E-state index contributed by atoms with van der Waals surface area (Å²) in [6.07, 6.45) is 5.52. The fourth-order valence-electron chi connectivity index (χ4n) is 5.07. The summed E-state index contributed by atoms with van der Waals surface area (Å²) in [5.41, 5.74) is -0.780. The van der Waals surface area contributed by atoms with E-state index >= 15 is 0 Å². The fraction of sp³-hybridized carbons (Fsp3) is 0.424. The minimum absolute atomic E-state index is 0.0104. The predicted molar refractivity (Wildman–Crippen MR) is 182 cm³/mol. The molecule has 4 aromatic carbocycles. The van der Waals surface area contributed by atoms with Crippen LogP contribution in [-0.2, 0) is 19.1 Å². The topological polar surface area (TPSA) is 93.7 Å². The van der Waals surface area contributed by atoms with E-state index in [0.29, 0.717) is 5.69 Å². The molecule has 0 spiro atoms. The molecule has 2 N–H and O–H groups in total. The first-order chi connectivity index (χ1) is 20.2. The summed E-state index contributed by atoms with van der Waals surface area (Å²) >= 11 is 5.10. The normalized spacial score (nSPS) is 13.0. The van der Waals surface area contributed by atoms with Crippen LogP contribution in [0, 0.1) is 0 Å². The molecule has 0 aliphatic carbocycles. The summed E-state index contributed by atoms with van der Waals surface area (Å²) in [6, 6.07) is 11.8. The van der Waals surface area contributed by atoms with E-state index in [9.17, 15) is 14.4 Å². The summed E-state index contributed by atoms with van der Waals surface area (Å²) in [4.78, 5) is 42.3. The van der Waals surface area contributed by atoms with Gasteiger partial charge in [-0.2, -0.15) is 0 Å². The first-order valence-corrected chi connectivity index (χ1v) is 17.8. The SMILES string of the molecule is CSc1cc(NC(=O)CC[C@H](NC(=O)OC(C)(C)C)C(=O)OC(C)(C)C)c2ccc3c(SC)cc(SC)c4ccc1c2c34. The summed E-state index contributed by atoms with van der Waals surface area (Å²) in [6.45, 7) is 10.5. The average Bonchev–Trinajstić information content (AvgIpc) is 2.92. The van der Waals surface area contributed by atoms with Gasteiger partial charge in [0.05, 0.1) is 0 Å². The number of amides is 2. The summed E-state index contributed by atoms with van der Waals surface area (Å²) in [5, 5.41) is 12.5. The summed E-state index contributed by atoms with van der Waals surface area (Å²) < 4.78 is 10.9. The van der Waals surface area contributed by atoms with Crippen LogP contribution >= 0.6 is 35.3 Å². The molecule has 10 heteroatoms. The number of anilines is 1. The van der Waals surface area contributed by atoms with Crippen LogP contribution in [-0.4, -0.2) is 54.0 Å². The molecule has 43 heavy (non-hydrogen) atoms. The van der Waals surface area contributed by atoms with Crippen molar-refractivity contribution in [3.63, 3.8) is 0 Å². The zero-order valence-corrected chi connectivity index (χ0v) is 28.7. The van der Waals surface area contributed by atoms with Crippen LogP contribution in [0.15, 0.2) is 51.1 Å². The van der Waals surface area contributed by atoms with Crippen molar-refractivity contribution in [2.45, 2.75) is 86.3 Å². The smallest absolute Gasteiger partial charge is 0.408 e. The Balaban J connectivity index is 1.66. The zero-order valence-electron chi connectivity index (χ0n) is 26.2. The van der Waals surface area contributed by atoms with Crippen LogP contribution in [0.25, 0.3) is 32.3 Å². The second kappa shape index (κ2) is 13.0. The molecular formula is C33H40N2O5S3. The standard InChI is InChI=1S/C33H40N2O5S3/c1-32(2,3)39-30(37)22(35-31(38)40-33(4,5)6)14-15-27(36)34-23-16-24(41-7)19-12-13-21-26(43-9)17-25(42-8)20-11-10-18(23)28(19)29(20)21/h10-13,16-17,22H,14-15H2,1-9H3,(H,34,36)(H,35,38)/t22-/m0/s1. The van der Waals surface area contributed by atoms with E-state index in [4.69, 9.17) is 9.47 Å². The van der Waals surface area contributed by atoms with Gasteiger partial charge in [-0.05, 0) is 100 Å². The number of alkyl carbamates (subject to hydrolysis) is 1. The average molecular weight is 641 g/mol. The van der Waals surface area contributed by atoms with Crippen LogP contribution in [0.1, 0.15) is 54.4 Å². The molecule has 0 aliphatic heterocycles. The Kier molecular flexibility index (Phi) is 10.0. The second-order valence-corrected chi connectivity index (χ2v) is 14.8. The Labute approximate surface area is 266 Å². The number of carbonyl (C=O) groups is 3. The van der Waals surface area contributed by atoms with E-state index in [0.717, 1.165) is 21.1 Å². The molecule has 2 amide bonds. The van der Waals surface area contributed by atoms with E-state index in [1.54, 1.807) is 76.8 Å². The van der Waals surface area contributed by atoms with Crippen molar-refractivity contribution in [1.29, 1.82) is 0 Å². The van der Waals surface area contributed by atoms with Gasteiger partial charge in [0.2, 0.25) is 5.91 Å². The lowest BCUT2D eigenvalue weighted by Crippen LogP contribution is -2.46. The first-order valence-electron chi connectivity index (χ1n) is 14.1. The van der Waals surface area contributed by atoms with Crippen LogP contribution < -0.4 is 10.6 Å². The number of benzene rings is 4. The zero-order chi connectivity index (χ0) is 31.7. The Bertz CT molecular complexity index is 1650. The molecule has 0 aliphatic rings. The third-order valence-electron chi connectivity index (χ3n) is 6.76. The Morgan fingerprint density at radius 1 is 0.721 bits per heavy atom. The van der Waals surface area contributed by atoms with E-state index in [-0.39, 0.29) is 18.7 Å². The van der Waals surface area contributed by atoms with Crippen molar-refractivity contribution in [2.75, 3.05) is 24.1 Å².